The summed E-state index contributed by atoms with van der Waals surface area (Å²) >= 11 is 0. The molecule has 0 bridgehead atoms. The third kappa shape index (κ3) is 11.0. The fourth-order valence-corrected chi connectivity index (χ4v) is 16.2. The highest BCUT2D eigenvalue weighted by Gasteiger charge is 2.49. The molecule has 12 aromatic rings. The molecule has 2 aliphatic carbocycles. The molecule has 502 valence electrons. The minimum absolute atomic E-state index is 0.0532. The number of nitrogens with zero attached hydrogens (tertiary/aromatic N) is 2. The molecule has 0 aromatic heterocycles. The van der Waals surface area contributed by atoms with E-state index >= 15 is 0 Å². The van der Waals surface area contributed by atoms with Crippen molar-refractivity contribution in [2.75, 3.05) is 69.3 Å². The molecule has 0 amide bonds. The summed E-state index contributed by atoms with van der Waals surface area (Å²) in [5.41, 5.74) is 21.2. The first-order valence-electron chi connectivity index (χ1n) is 35.8. The number of para-hydroxylation sites is 2. The van der Waals surface area contributed by atoms with E-state index in [1.54, 1.807) is 0 Å². The van der Waals surface area contributed by atoms with Gasteiger partial charge in [0.25, 0.3) is 0 Å². The van der Waals surface area contributed by atoms with Crippen LogP contribution in [0.1, 0.15) is 84.5 Å². The Kier molecular flexibility index (Phi) is 16.5. The molecule has 17 rings (SSSR count). The highest BCUT2D eigenvalue weighted by atomic mass is 16.5. The predicted octanol–water partition coefficient (Wildman–Crippen LogP) is 21.1. The van der Waals surface area contributed by atoms with E-state index in [1.165, 1.54) is 38.9 Å². The third-order valence-corrected chi connectivity index (χ3v) is 22.7. The minimum Gasteiger partial charge on any atom is -0.508 e. The van der Waals surface area contributed by atoms with Crippen LogP contribution in [0.25, 0.3) is 33.4 Å². The quantitative estimate of drug-likeness (QED) is 0.0673. The van der Waals surface area contributed by atoms with E-state index < -0.39 is 10.8 Å². The van der Waals surface area contributed by atoms with Crippen LogP contribution in [0.4, 0.5) is 34.1 Å². The lowest BCUT2D eigenvalue weighted by Crippen LogP contribution is -2.46. The molecule has 3 aliphatic heterocycles. The van der Waals surface area contributed by atoms with Crippen LogP contribution in [0.2, 0.25) is 0 Å². The fraction of sp³-hybridized carbons (Fsp3) is 0.217. The van der Waals surface area contributed by atoms with Crippen LogP contribution >= 0.6 is 0 Å². The summed E-state index contributed by atoms with van der Waals surface area (Å²) in [6.07, 6.45) is 3.03. The van der Waals surface area contributed by atoms with Crippen molar-refractivity contribution in [3.05, 3.63) is 336 Å². The summed E-state index contributed by atoms with van der Waals surface area (Å²) < 4.78 is 36.6. The maximum absolute atomic E-state index is 10.8. The first kappa shape index (κ1) is 63.7. The second kappa shape index (κ2) is 26.1. The Bertz CT molecular complexity index is 4850. The monoisotopic (exact) mass is 1330 g/mol. The number of fused-ring (bicyclic) bond motifs is 6. The Morgan fingerprint density at radius 2 is 0.584 bits per heavy atom. The normalized spacial score (nSPS) is 17.3. The van der Waals surface area contributed by atoms with Crippen molar-refractivity contribution in [2.45, 2.75) is 50.9 Å². The standard InChI is InChI=1S/C92H82N2O7/c1-4-88(55-96-56-88)61-99-77-45-31-67(32-46-77)91(66-29-43-76(95)44-30-66)84-23-15-13-21-80(84)82-51-41-74(53-86(82)91)93(70-17-9-7-10-18-70)72-37-25-64(26-38-72)65-27-39-73(40-28-65)94(71-19-11-8-12-20-71)75-42-52-83-81-22-14-16-24-85(81)92(87(83)54-75,68-33-47-78(48-34-68)100-62-89(5-2)57-97-58-89)69-35-49-79(50-36-69)101-63-90(6-3)59-98-60-90/h7-54,95H,4-6,55-63H2,1-3H3. The Hall–Kier alpha value is -10.7. The molecule has 0 saturated carbocycles. The average Bonchev–Trinajstić information content (AvgIpc) is 1.55. The summed E-state index contributed by atoms with van der Waals surface area (Å²) in [5.74, 6) is 2.76. The predicted molar refractivity (Wildman–Crippen MR) is 405 cm³/mol. The van der Waals surface area contributed by atoms with Gasteiger partial charge in [-0.1, -0.05) is 191 Å². The molecule has 9 nitrogen and oxygen atoms in total. The Balaban J connectivity index is 0.719. The van der Waals surface area contributed by atoms with Crippen LogP contribution in [0.15, 0.2) is 291 Å². The molecule has 0 spiro atoms. The van der Waals surface area contributed by atoms with Gasteiger partial charge in [-0.05, 0) is 218 Å². The first-order valence-corrected chi connectivity index (χ1v) is 35.8. The zero-order valence-electron chi connectivity index (χ0n) is 57.5. The van der Waals surface area contributed by atoms with Crippen LogP contribution in [0.5, 0.6) is 23.0 Å². The Labute approximate surface area is 592 Å². The molecule has 1 N–H and O–H groups in total. The van der Waals surface area contributed by atoms with Gasteiger partial charge in [-0.3, -0.25) is 0 Å². The van der Waals surface area contributed by atoms with Gasteiger partial charge in [0.15, 0.2) is 0 Å². The van der Waals surface area contributed by atoms with Gasteiger partial charge in [0.1, 0.15) is 23.0 Å². The summed E-state index contributed by atoms with van der Waals surface area (Å²) in [4.78, 5) is 4.75. The van der Waals surface area contributed by atoms with Crippen LogP contribution in [-0.4, -0.2) is 64.6 Å². The lowest BCUT2D eigenvalue weighted by Gasteiger charge is -2.40. The van der Waals surface area contributed by atoms with E-state index in [0.717, 1.165) is 149 Å². The van der Waals surface area contributed by atoms with Crippen LogP contribution in [-0.2, 0) is 25.0 Å². The van der Waals surface area contributed by atoms with Gasteiger partial charge in [-0.15, -0.1) is 0 Å². The van der Waals surface area contributed by atoms with E-state index in [-0.39, 0.29) is 22.0 Å². The molecular formula is C92H82N2O7. The van der Waals surface area contributed by atoms with E-state index in [4.69, 9.17) is 28.4 Å². The first-order chi connectivity index (χ1) is 49.6. The molecule has 1 atom stereocenters. The number of phenolic OH excluding ortho intramolecular Hbond substituents is 1. The SMILES string of the molecule is CCC1(COc2ccc(C3(c4ccc(O)cc4)c4ccccc4-c4ccc(N(c5ccccc5)c5ccc(-c6ccc(N(c7ccccc7)c7ccc8c(c7)C(c7ccc(OCC9(CC)COC9)cc7)(c7ccc(OCC9(CC)COC9)cc7)c7ccccc7-8)cc6)cc5)cc43)cc2)COC1. The molecule has 3 saturated heterocycles. The highest BCUT2D eigenvalue weighted by Crippen LogP contribution is 2.60. The zero-order chi connectivity index (χ0) is 68.2. The van der Waals surface area contributed by atoms with Gasteiger partial charge < -0.3 is 43.3 Å². The lowest BCUT2D eigenvalue weighted by atomic mass is 9.67. The van der Waals surface area contributed by atoms with Crippen molar-refractivity contribution >= 4 is 34.1 Å². The van der Waals surface area contributed by atoms with Crippen LogP contribution in [0, 0.1) is 16.2 Å². The largest absolute Gasteiger partial charge is 0.508 e. The average molecular weight is 1330 g/mol. The number of hydrogen-bond acceptors (Lipinski definition) is 9. The van der Waals surface area contributed by atoms with Crippen molar-refractivity contribution in [3.8, 4) is 56.4 Å². The maximum atomic E-state index is 10.8. The van der Waals surface area contributed by atoms with E-state index in [2.05, 4.69) is 310 Å². The summed E-state index contributed by atoms with van der Waals surface area (Å²) in [6.45, 7) is 12.9. The van der Waals surface area contributed by atoms with Crippen molar-refractivity contribution in [3.63, 3.8) is 0 Å². The molecule has 101 heavy (non-hydrogen) atoms. The minimum atomic E-state index is -0.730. The second-order valence-corrected chi connectivity index (χ2v) is 28.5. The summed E-state index contributed by atoms with van der Waals surface area (Å²) in [6, 6.07) is 105. The molecule has 5 aliphatic rings. The van der Waals surface area contributed by atoms with Crippen molar-refractivity contribution in [1.29, 1.82) is 0 Å². The van der Waals surface area contributed by atoms with E-state index in [9.17, 15) is 5.11 Å². The van der Waals surface area contributed by atoms with Gasteiger partial charge in [0, 0.05) is 34.1 Å². The van der Waals surface area contributed by atoms with Crippen LogP contribution < -0.4 is 24.0 Å². The molecule has 12 aromatic carbocycles. The maximum Gasteiger partial charge on any atom is 0.119 e. The van der Waals surface area contributed by atoms with E-state index in [1.807, 2.05) is 12.1 Å². The Morgan fingerprint density at radius 3 is 0.901 bits per heavy atom. The third-order valence-electron chi connectivity index (χ3n) is 22.7. The van der Waals surface area contributed by atoms with Gasteiger partial charge in [0.05, 0.1) is 86.5 Å². The van der Waals surface area contributed by atoms with Gasteiger partial charge in [-0.2, -0.15) is 0 Å². The molecular weight excluding hydrogens is 1250 g/mol. The number of ether oxygens (including phenoxy) is 6. The number of anilines is 6. The van der Waals surface area contributed by atoms with Gasteiger partial charge in [-0.25, -0.2) is 0 Å². The molecule has 1 unspecified atom stereocenters. The topological polar surface area (TPSA) is 82.1 Å². The smallest absolute Gasteiger partial charge is 0.119 e. The zero-order valence-corrected chi connectivity index (χ0v) is 57.5. The van der Waals surface area contributed by atoms with Crippen molar-refractivity contribution in [2.24, 2.45) is 16.2 Å². The summed E-state index contributed by atoms with van der Waals surface area (Å²) in [7, 11) is 0. The molecule has 9 heteroatoms. The van der Waals surface area contributed by atoms with Crippen molar-refractivity contribution < 1.29 is 33.5 Å². The second-order valence-electron chi connectivity index (χ2n) is 28.5. The summed E-state index contributed by atoms with van der Waals surface area (Å²) in [5, 5.41) is 10.8. The lowest BCUT2D eigenvalue weighted by molar-refractivity contribution is -0.133. The molecule has 0 radical (unpaired) electrons. The number of benzene rings is 12. The fourth-order valence-electron chi connectivity index (χ4n) is 16.2. The van der Waals surface area contributed by atoms with Gasteiger partial charge >= 0.3 is 0 Å². The number of rotatable bonds is 23. The number of phenols is 1. The number of aromatic hydroxyl groups is 1. The van der Waals surface area contributed by atoms with Crippen molar-refractivity contribution in [1.82, 2.24) is 0 Å². The van der Waals surface area contributed by atoms with E-state index in [0.29, 0.717) is 19.8 Å². The highest BCUT2D eigenvalue weighted by molar-refractivity contribution is 5.92. The van der Waals surface area contributed by atoms with Gasteiger partial charge in [0.2, 0.25) is 0 Å². The molecule has 3 heterocycles. The molecule has 3 fully saturated rings. The van der Waals surface area contributed by atoms with Crippen LogP contribution in [0.3, 0.4) is 0 Å². The Morgan fingerprint density at radius 1 is 0.297 bits per heavy atom. The number of hydrogen-bond donors (Lipinski definition) is 1.